The summed E-state index contributed by atoms with van der Waals surface area (Å²) in [5.41, 5.74) is 5.12. The van der Waals surface area contributed by atoms with E-state index < -0.39 is 0 Å². The molecule has 0 saturated heterocycles. The Morgan fingerprint density at radius 1 is 0.792 bits per heavy atom. The van der Waals surface area contributed by atoms with Crippen molar-refractivity contribution in [2.45, 2.75) is 52.6 Å². The molecular weight excluding hydrogens is 316 g/mol. The van der Waals surface area contributed by atoms with E-state index in [1.807, 2.05) is 0 Å². The van der Waals surface area contributed by atoms with E-state index in [0.717, 1.165) is 0 Å². The van der Waals surface area contributed by atoms with Gasteiger partial charge in [-0.05, 0) is 64.8 Å². The second-order valence-corrected chi connectivity index (χ2v) is 7.55. The van der Waals surface area contributed by atoms with Gasteiger partial charge in [-0.15, -0.1) is 0 Å². The van der Waals surface area contributed by atoms with Crippen LogP contribution in [0.2, 0.25) is 0 Å². The van der Waals surface area contributed by atoms with Crippen LogP contribution in [-0.2, 0) is 0 Å². The fourth-order valence-electron chi connectivity index (χ4n) is 3.39. The quantitative estimate of drug-likeness (QED) is 0.757. The molecule has 0 bridgehead atoms. The molecule has 3 heteroatoms. The number of halogens is 1. The standard InChI is InChI=1S/C21H27N2.ClH/c1-16-11-7-9-13-18(16)22-15-23(21(5,6)20(22,3)4)19-14-10-8-12-17(19)2;/h7-15H,1-6H3;1H/q+1;/p-1. The van der Waals surface area contributed by atoms with Crippen molar-refractivity contribution in [2.75, 3.05) is 4.90 Å². The first kappa shape index (κ1) is 18.5. The van der Waals surface area contributed by atoms with Crippen LogP contribution in [0.15, 0.2) is 48.5 Å². The number of benzene rings is 2. The average Bonchev–Trinajstić information content (AvgIpc) is 2.67. The van der Waals surface area contributed by atoms with Gasteiger partial charge in [-0.1, -0.05) is 36.4 Å². The van der Waals surface area contributed by atoms with Crippen molar-refractivity contribution in [1.29, 1.82) is 0 Å². The first-order valence-electron chi connectivity index (χ1n) is 8.32. The van der Waals surface area contributed by atoms with E-state index in [4.69, 9.17) is 0 Å². The Morgan fingerprint density at radius 3 is 1.92 bits per heavy atom. The SMILES string of the molecule is Cc1ccccc1N1C=[N+](c2ccccc2C)C(C)(C)C1(C)C.[Cl-]. The van der Waals surface area contributed by atoms with E-state index in [9.17, 15) is 0 Å². The molecule has 0 atom stereocenters. The van der Waals surface area contributed by atoms with Crippen LogP contribution in [0.25, 0.3) is 0 Å². The Morgan fingerprint density at radius 2 is 1.33 bits per heavy atom. The Balaban J connectivity index is 0.00000208. The van der Waals surface area contributed by atoms with E-state index in [1.165, 1.54) is 22.5 Å². The maximum Gasteiger partial charge on any atom is 0.245 e. The Kier molecular flexibility index (Phi) is 4.83. The van der Waals surface area contributed by atoms with Crippen LogP contribution in [0.3, 0.4) is 0 Å². The Labute approximate surface area is 152 Å². The van der Waals surface area contributed by atoms with Crippen molar-refractivity contribution < 1.29 is 17.0 Å². The van der Waals surface area contributed by atoms with Crippen LogP contribution >= 0.6 is 0 Å². The first-order chi connectivity index (χ1) is 10.8. The summed E-state index contributed by atoms with van der Waals surface area (Å²) < 4.78 is 2.43. The summed E-state index contributed by atoms with van der Waals surface area (Å²) in [6.45, 7) is 13.7. The molecule has 3 rings (SSSR count). The van der Waals surface area contributed by atoms with Crippen molar-refractivity contribution in [3.05, 3.63) is 59.7 Å². The number of anilines is 1. The highest BCUT2D eigenvalue weighted by atomic mass is 35.5. The molecule has 2 nitrogen and oxygen atoms in total. The smallest absolute Gasteiger partial charge is 0.245 e. The molecule has 1 aliphatic rings. The highest BCUT2D eigenvalue weighted by Gasteiger charge is 2.57. The van der Waals surface area contributed by atoms with E-state index in [-0.39, 0.29) is 23.5 Å². The average molecular weight is 343 g/mol. The minimum Gasteiger partial charge on any atom is -1.00 e. The molecule has 128 valence electrons. The molecule has 24 heavy (non-hydrogen) atoms. The van der Waals surface area contributed by atoms with Crippen molar-refractivity contribution in [1.82, 2.24) is 0 Å². The topological polar surface area (TPSA) is 6.25 Å². The molecular formula is C21H27ClN2. The van der Waals surface area contributed by atoms with E-state index in [2.05, 4.69) is 106 Å². The summed E-state index contributed by atoms with van der Waals surface area (Å²) in [5, 5.41) is 0. The number of nitrogens with zero attached hydrogens (tertiary/aromatic N) is 2. The lowest BCUT2D eigenvalue weighted by Gasteiger charge is -2.36. The summed E-state index contributed by atoms with van der Waals surface area (Å²) in [6.07, 6.45) is 2.28. The molecule has 0 fully saturated rings. The molecule has 0 saturated carbocycles. The Hall–Kier alpha value is -1.80. The Bertz CT molecular complexity index is 775. The molecule has 0 N–H and O–H groups in total. The molecule has 0 unspecified atom stereocenters. The summed E-state index contributed by atoms with van der Waals surface area (Å²) in [4.78, 5) is 2.43. The van der Waals surface area contributed by atoms with Gasteiger partial charge >= 0.3 is 0 Å². The first-order valence-corrected chi connectivity index (χ1v) is 8.32. The molecule has 0 spiro atoms. The predicted octanol–water partition coefficient (Wildman–Crippen LogP) is 2.06. The number of para-hydroxylation sites is 2. The molecule has 0 amide bonds. The van der Waals surface area contributed by atoms with Gasteiger partial charge in [0.25, 0.3) is 0 Å². The van der Waals surface area contributed by atoms with Crippen LogP contribution in [-0.4, -0.2) is 22.0 Å². The van der Waals surface area contributed by atoms with Gasteiger partial charge in [-0.25, -0.2) is 9.48 Å². The van der Waals surface area contributed by atoms with Crippen LogP contribution in [0.1, 0.15) is 38.8 Å². The predicted molar refractivity (Wildman–Crippen MR) is 99.0 cm³/mol. The second-order valence-electron chi connectivity index (χ2n) is 7.55. The van der Waals surface area contributed by atoms with Crippen LogP contribution < -0.4 is 17.3 Å². The minimum absolute atomic E-state index is 0. The lowest BCUT2D eigenvalue weighted by atomic mass is 9.81. The third-order valence-electron chi connectivity index (χ3n) is 5.68. The molecule has 0 aliphatic carbocycles. The maximum atomic E-state index is 2.43. The zero-order chi connectivity index (χ0) is 16.8. The molecule has 2 aromatic carbocycles. The molecule has 1 heterocycles. The summed E-state index contributed by atoms with van der Waals surface area (Å²) in [5.74, 6) is 0. The van der Waals surface area contributed by atoms with E-state index >= 15 is 0 Å². The highest BCUT2D eigenvalue weighted by molar-refractivity contribution is 5.83. The lowest BCUT2D eigenvalue weighted by molar-refractivity contribution is -0.521. The molecule has 2 aromatic rings. The van der Waals surface area contributed by atoms with Crippen molar-refractivity contribution in [2.24, 2.45) is 0 Å². The van der Waals surface area contributed by atoms with Gasteiger partial charge in [0.05, 0.1) is 0 Å². The third kappa shape index (κ3) is 2.63. The van der Waals surface area contributed by atoms with Gasteiger partial charge in [0.1, 0.15) is 22.5 Å². The van der Waals surface area contributed by atoms with Crippen LogP contribution in [0.5, 0.6) is 0 Å². The highest BCUT2D eigenvalue weighted by Crippen LogP contribution is 2.42. The molecule has 0 aromatic heterocycles. The van der Waals surface area contributed by atoms with Gasteiger partial charge in [0.2, 0.25) is 6.34 Å². The summed E-state index contributed by atoms with van der Waals surface area (Å²) >= 11 is 0. The van der Waals surface area contributed by atoms with Gasteiger partial charge in [0, 0.05) is 0 Å². The van der Waals surface area contributed by atoms with Gasteiger partial charge in [0.15, 0.2) is 0 Å². The second kappa shape index (κ2) is 6.25. The monoisotopic (exact) mass is 342 g/mol. The fraction of sp³-hybridized carbons (Fsp3) is 0.381. The zero-order valence-electron chi connectivity index (χ0n) is 15.5. The van der Waals surface area contributed by atoms with Crippen LogP contribution in [0.4, 0.5) is 11.4 Å². The number of hydrogen-bond acceptors (Lipinski definition) is 1. The van der Waals surface area contributed by atoms with Gasteiger partial charge in [-0.3, -0.25) is 0 Å². The molecule has 1 aliphatic heterocycles. The summed E-state index contributed by atoms with van der Waals surface area (Å²) in [6, 6.07) is 17.2. The van der Waals surface area contributed by atoms with Crippen molar-refractivity contribution >= 4 is 17.7 Å². The third-order valence-corrected chi connectivity index (χ3v) is 5.68. The van der Waals surface area contributed by atoms with Crippen LogP contribution in [0, 0.1) is 13.8 Å². The normalized spacial score (nSPS) is 18.1. The van der Waals surface area contributed by atoms with Gasteiger partial charge < -0.3 is 12.4 Å². The van der Waals surface area contributed by atoms with E-state index in [0.29, 0.717) is 0 Å². The number of hydrogen-bond donors (Lipinski definition) is 0. The number of rotatable bonds is 2. The minimum atomic E-state index is -0.0264. The lowest BCUT2D eigenvalue weighted by Crippen LogP contribution is -3.00. The zero-order valence-corrected chi connectivity index (χ0v) is 16.2. The van der Waals surface area contributed by atoms with E-state index in [1.54, 1.807) is 0 Å². The fourth-order valence-corrected chi connectivity index (χ4v) is 3.39. The van der Waals surface area contributed by atoms with Crippen molar-refractivity contribution in [3.63, 3.8) is 0 Å². The maximum absolute atomic E-state index is 2.43. The largest absolute Gasteiger partial charge is 1.00 e. The molecule has 0 radical (unpaired) electrons. The van der Waals surface area contributed by atoms with Gasteiger partial charge in [-0.2, -0.15) is 0 Å². The summed E-state index contributed by atoms with van der Waals surface area (Å²) in [7, 11) is 0. The number of aryl methyl sites for hydroxylation is 2. The van der Waals surface area contributed by atoms with Crippen molar-refractivity contribution in [3.8, 4) is 0 Å².